The third-order valence-electron chi connectivity index (χ3n) is 5.76. The molecular weight excluding hydrogens is 394 g/mol. The first-order chi connectivity index (χ1) is 15.1. The summed E-state index contributed by atoms with van der Waals surface area (Å²) < 4.78 is 11.6. The number of rotatable bonds is 8. The lowest BCUT2D eigenvalue weighted by Crippen LogP contribution is -2.49. The molecule has 4 rings (SSSR count). The molecule has 0 aromatic heterocycles. The molecule has 2 heterocycles. The molecule has 1 unspecified atom stereocenters. The Labute approximate surface area is 183 Å². The predicted octanol–water partition coefficient (Wildman–Crippen LogP) is 2.53. The lowest BCUT2D eigenvalue weighted by Gasteiger charge is -2.37. The maximum absolute atomic E-state index is 11.5. The number of benzene rings is 2. The van der Waals surface area contributed by atoms with Gasteiger partial charge in [0.15, 0.2) is 0 Å². The highest BCUT2D eigenvalue weighted by Gasteiger charge is 2.22. The topological polar surface area (TPSA) is 74.3 Å². The van der Waals surface area contributed by atoms with E-state index in [1.165, 1.54) is 0 Å². The molecule has 2 aliphatic rings. The SMILES string of the molecule is CCOc1ccccc1N1CCN(CC(O)COc2ccc3c(c2)CCC(=O)N3)CC1. The maximum atomic E-state index is 11.5. The van der Waals surface area contributed by atoms with Crippen LogP contribution in [-0.4, -0.2) is 68.0 Å². The molecule has 0 spiro atoms. The first-order valence-electron chi connectivity index (χ1n) is 11.0. The van der Waals surface area contributed by atoms with E-state index in [1.54, 1.807) is 0 Å². The molecule has 2 N–H and O–H groups in total. The van der Waals surface area contributed by atoms with Crippen molar-refractivity contribution in [2.45, 2.75) is 25.9 Å². The number of carbonyl (C=O) groups excluding carboxylic acids is 1. The normalized spacial score (nSPS) is 17.6. The van der Waals surface area contributed by atoms with Crippen LogP contribution in [0.5, 0.6) is 11.5 Å². The molecule has 2 aromatic carbocycles. The summed E-state index contributed by atoms with van der Waals surface area (Å²) in [7, 11) is 0. The van der Waals surface area contributed by atoms with Gasteiger partial charge in [0.1, 0.15) is 24.2 Å². The van der Waals surface area contributed by atoms with Gasteiger partial charge in [0.05, 0.1) is 12.3 Å². The second-order valence-electron chi connectivity index (χ2n) is 8.02. The molecule has 0 radical (unpaired) electrons. The molecule has 0 bridgehead atoms. The van der Waals surface area contributed by atoms with Crippen molar-refractivity contribution in [2.75, 3.05) is 56.2 Å². The second kappa shape index (κ2) is 10.0. The zero-order valence-electron chi connectivity index (χ0n) is 18.0. The van der Waals surface area contributed by atoms with Crippen LogP contribution in [-0.2, 0) is 11.2 Å². The van der Waals surface area contributed by atoms with Crippen LogP contribution < -0.4 is 19.7 Å². The van der Waals surface area contributed by atoms with Gasteiger partial charge in [-0.1, -0.05) is 12.1 Å². The van der Waals surface area contributed by atoms with Crippen LogP contribution in [0.3, 0.4) is 0 Å². The van der Waals surface area contributed by atoms with Gasteiger partial charge in [-0.05, 0) is 49.2 Å². The fraction of sp³-hybridized carbons (Fsp3) is 0.458. The summed E-state index contributed by atoms with van der Waals surface area (Å²) in [6.45, 7) is 7.05. The van der Waals surface area contributed by atoms with Crippen LogP contribution in [0, 0.1) is 0 Å². The first kappa shape index (κ1) is 21.5. The Kier molecular flexibility index (Phi) is 6.94. The van der Waals surface area contributed by atoms with Gasteiger partial charge in [-0.15, -0.1) is 0 Å². The van der Waals surface area contributed by atoms with E-state index in [9.17, 15) is 9.90 Å². The lowest BCUT2D eigenvalue weighted by molar-refractivity contribution is -0.116. The summed E-state index contributed by atoms with van der Waals surface area (Å²) in [6.07, 6.45) is 0.663. The van der Waals surface area contributed by atoms with Gasteiger partial charge >= 0.3 is 0 Å². The zero-order chi connectivity index (χ0) is 21.6. The Morgan fingerprint density at radius 1 is 1.06 bits per heavy atom. The van der Waals surface area contributed by atoms with Crippen molar-refractivity contribution in [1.29, 1.82) is 0 Å². The van der Waals surface area contributed by atoms with Crippen molar-refractivity contribution in [2.24, 2.45) is 0 Å². The number of nitrogens with zero attached hydrogens (tertiary/aromatic N) is 2. The number of amides is 1. The average molecular weight is 426 g/mol. The minimum atomic E-state index is -0.557. The van der Waals surface area contributed by atoms with E-state index in [0.29, 0.717) is 19.6 Å². The minimum absolute atomic E-state index is 0.0538. The van der Waals surface area contributed by atoms with Crippen LogP contribution in [0.4, 0.5) is 11.4 Å². The molecule has 2 aliphatic heterocycles. The number of hydrogen-bond acceptors (Lipinski definition) is 6. The van der Waals surface area contributed by atoms with Crippen molar-refractivity contribution in [1.82, 2.24) is 4.90 Å². The fourth-order valence-corrected chi connectivity index (χ4v) is 4.16. The summed E-state index contributed by atoms with van der Waals surface area (Å²) in [5.41, 5.74) is 3.07. The van der Waals surface area contributed by atoms with E-state index < -0.39 is 6.10 Å². The number of β-amino-alcohol motifs (C(OH)–C–C–N with tert-alkyl or cyclic N) is 1. The highest BCUT2D eigenvalue weighted by Crippen LogP contribution is 2.29. The Morgan fingerprint density at radius 2 is 1.87 bits per heavy atom. The standard InChI is InChI=1S/C24H31N3O4/c1-2-30-23-6-4-3-5-22(23)27-13-11-26(12-14-27)16-19(28)17-31-20-8-9-21-18(15-20)7-10-24(29)25-21/h3-6,8-9,15,19,28H,2,7,10-14,16-17H2,1H3,(H,25,29). The van der Waals surface area contributed by atoms with Crippen LogP contribution in [0.15, 0.2) is 42.5 Å². The van der Waals surface area contributed by atoms with Gasteiger partial charge in [-0.25, -0.2) is 0 Å². The van der Waals surface area contributed by atoms with E-state index in [4.69, 9.17) is 9.47 Å². The average Bonchev–Trinajstić information content (AvgIpc) is 2.79. The minimum Gasteiger partial charge on any atom is -0.492 e. The molecule has 1 fully saturated rings. The number of aryl methyl sites for hydroxylation is 1. The smallest absolute Gasteiger partial charge is 0.224 e. The quantitative estimate of drug-likeness (QED) is 0.677. The Hall–Kier alpha value is -2.77. The molecule has 31 heavy (non-hydrogen) atoms. The molecule has 1 saturated heterocycles. The van der Waals surface area contributed by atoms with E-state index >= 15 is 0 Å². The molecule has 1 atom stereocenters. The highest BCUT2D eigenvalue weighted by molar-refractivity contribution is 5.94. The summed E-state index contributed by atoms with van der Waals surface area (Å²) in [6, 6.07) is 13.8. The second-order valence-corrected chi connectivity index (χ2v) is 8.02. The van der Waals surface area contributed by atoms with Crippen molar-refractivity contribution in [3.05, 3.63) is 48.0 Å². The lowest BCUT2D eigenvalue weighted by atomic mass is 10.0. The molecule has 166 valence electrons. The Bertz CT molecular complexity index is 896. The zero-order valence-corrected chi connectivity index (χ0v) is 18.0. The van der Waals surface area contributed by atoms with Crippen LogP contribution in [0.1, 0.15) is 18.9 Å². The van der Waals surface area contributed by atoms with Crippen LogP contribution in [0.25, 0.3) is 0 Å². The first-order valence-corrected chi connectivity index (χ1v) is 11.0. The third kappa shape index (κ3) is 5.48. The van der Waals surface area contributed by atoms with Gasteiger partial charge in [-0.2, -0.15) is 0 Å². The number of aliphatic hydroxyl groups excluding tert-OH is 1. The number of fused-ring (bicyclic) bond motifs is 1. The number of ether oxygens (including phenoxy) is 2. The van der Waals surface area contributed by atoms with Gasteiger partial charge in [0.2, 0.25) is 5.91 Å². The molecule has 0 saturated carbocycles. The molecule has 7 heteroatoms. The van der Waals surface area contributed by atoms with Crippen LogP contribution in [0.2, 0.25) is 0 Å². The van der Waals surface area contributed by atoms with Gasteiger partial charge in [0, 0.05) is 44.8 Å². The summed E-state index contributed by atoms with van der Waals surface area (Å²) in [4.78, 5) is 16.1. The van der Waals surface area contributed by atoms with Gasteiger partial charge in [-0.3, -0.25) is 9.69 Å². The molecule has 7 nitrogen and oxygen atoms in total. The Morgan fingerprint density at radius 3 is 2.68 bits per heavy atom. The van der Waals surface area contributed by atoms with Crippen molar-refractivity contribution >= 4 is 17.3 Å². The summed E-state index contributed by atoms with van der Waals surface area (Å²) in [5.74, 6) is 1.71. The third-order valence-corrected chi connectivity index (χ3v) is 5.76. The number of nitrogens with one attached hydrogen (secondary N) is 1. The molecule has 0 aliphatic carbocycles. The fourth-order valence-electron chi connectivity index (χ4n) is 4.16. The summed E-state index contributed by atoms with van der Waals surface area (Å²) >= 11 is 0. The number of para-hydroxylation sites is 2. The predicted molar refractivity (Wildman–Crippen MR) is 121 cm³/mol. The molecule has 1 amide bonds. The van der Waals surface area contributed by atoms with Crippen molar-refractivity contribution < 1.29 is 19.4 Å². The molecular formula is C24H31N3O4. The monoisotopic (exact) mass is 425 g/mol. The van der Waals surface area contributed by atoms with Crippen molar-refractivity contribution in [3.8, 4) is 11.5 Å². The number of carbonyl (C=O) groups is 1. The van der Waals surface area contributed by atoms with E-state index in [2.05, 4.69) is 21.2 Å². The number of anilines is 2. The van der Waals surface area contributed by atoms with Gasteiger partial charge in [0.25, 0.3) is 0 Å². The van der Waals surface area contributed by atoms with Crippen molar-refractivity contribution in [3.63, 3.8) is 0 Å². The molecule has 2 aromatic rings. The van der Waals surface area contributed by atoms with E-state index in [1.807, 2.05) is 43.3 Å². The highest BCUT2D eigenvalue weighted by atomic mass is 16.5. The van der Waals surface area contributed by atoms with E-state index in [0.717, 1.165) is 61.0 Å². The van der Waals surface area contributed by atoms with Crippen LogP contribution >= 0.6 is 0 Å². The maximum Gasteiger partial charge on any atom is 0.224 e. The Balaban J connectivity index is 1.23. The number of piperazine rings is 1. The number of hydrogen-bond donors (Lipinski definition) is 2. The number of aliphatic hydroxyl groups is 1. The van der Waals surface area contributed by atoms with E-state index in [-0.39, 0.29) is 12.5 Å². The largest absolute Gasteiger partial charge is 0.492 e. The summed E-state index contributed by atoms with van der Waals surface area (Å²) in [5, 5.41) is 13.3. The van der Waals surface area contributed by atoms with Gasteiger partial charge < -0.3 is 24.8 Å².